The van der Waals surface area contributed by atoms with Crippen LogP contribution in [0.2, 0.25) is 0 Å². The Labute approximate surface area is 126 Å². The zero-order chi connectivity index (χ0) is 15.0. The Morgan fingerprint density at radius 3 is 2.43 bits per heavy atom. The van der Waals surface area contributed by atoms with E-state index in [0.717, 1.165) is 16.5 Å². The quantitative estimate of drug-likeness (QED) is 0.506. The van der Waals surface area contributed by atoms with E-state index in [4.69, 9.17) is 4.42 Å². The minimum Gasteiger partial charge on any atom is -0.422 e. The molecule has 2 nitrogen and oxygen atoms in total. The van der Waals surface area contributed by atoms with Gasteiger partial charge in [0.15, 0.2) is 0 Å². The Bertz CT molecular complexity index is 845. The number of benzene rings is 2. The molecule has 0 aliphatic carbocycles. The highest BCUT2D eigenvalue weighted by molar-refractivity contribution is 7.17. The van der Waals surface area contributed by atoms with E-state index in [9.17, 15) is 4.79 Å². The average Bonchev–Trinajstić information content (AvgIpc) is 2.47. The van der Waals surface area contributed by atoms with Gasteiger partial charge < -0.3 is 4.42 Å². The van der Waals surface area contributed by atoms with Crippen LogP contribution in [0.5, 0.6) is 0 Å². The molecule has 0 saturated carbocycles. The van der Waals surface area contributed by atoms with Gasteiger partial charge in [-0.05, 0) is 41.9 Å². The fourth-order valence-electron chi connectivity index (χ4n) is 2.41. The predicted octanol–water partition coefficient (Wildman–Crippen LogP) is 4.70. The highest BCUT2D eigenvalue weighted by Crippen LogP contribution is 2.26. The first-order chi connectivity index (χ1) is 10.0. The van der Waals surface area contributed by atoms with Crippen LogP contribution in [0.1, 0.15) is 23.7 Å². The molecule has 1 aromatic heterocycles. The molecule has 0 radical (unpaired) electrons. The Morgan fingerprint density at radius 1 is 1.05 bits per heavy atom. The monoisotopic (exact) mass is 296 g/mol. The van der Waals surface area contributed by atoms with Gasteiger partial charge in [0, 0.05) is 5.39 Å². The van der Waals surface area contributed by atoms with Crippen LogP contribution < -0.4 is 5.63 Å². The summed E-state index contributed by atoms with van der Waals surface area (Å²) in [5.74, 6) is 0. The maximum Gasteiger partial charge on any atom is 0.344 e. The summed E-state index contributed by atoms with van der Waals surface area (Å²) in [5.41, 5.74) is 4.61. The number of aryl methyl sites for hydroxylation is 1. The second-order valence-electron chi connectivity index (χ2n) is 5.40. The Balaban J connectivity index is 2.15. The Hall–Kier alpha value is -1.92. The molecule has 0 bridgehead atoms. The van der Waals surface area contributed by atoms with Crippen LogP contribution in [-0.4, -0.2) is 0 Å². The van der Waals surface area contributed by atoms with Crippen molar-refractivity contribution in [2.24, 2.45) is 0 Å². The lowest BCUT2D eigenvalue weighted by Crippen LogP contribution is -2.02. The van der Waals surface area contributed by atoms with Gasteiger partial charge in [0.05, 0.1) is 5.56 Å². The van der Waals surface area contributed by atoms with E-state index in [-0.39, 0.29) is 5.63 Å². The molecule has 2 aromatic carbocycles. The van der Waals surface area contributed by atoms with Crippen LogP contribution in [-0.2, 0) is 0 Å². The lowest BCUT2D eigenvalue weighted by Gasteiger charge is -2.07. The largest absolute Gasteiger partial charge is 0.422 e. The Morgan fingerprint density at radius 2 is 1.76 bits per heavy atom. The normalized spacial score (nSPS) is 12.5. The summed E-state index contributed by atoms with van der Waals surface area (Å²) in [6.07, 6.45) is 0. The molecular formula is C18H17O2P. The molecule has 2 atom stereocenters. The van der Waals surface area contributed by atoms with Gasteiger partial charge in [0.1, 0.15) is 5.58 Å². The first-order valence-corrected chi connectivity index (χ1v) is 7.62. The van der Waals surface area contributed by atoms with Crippen molar-refractivity contribution in [2.45, 2.75) is 19.5 Å². The summed E-state index contributed by atoms with van der Waals surface area (Å²) < 4.78 is 5.42. The van der Waals surface area contributed by atoms with Gasteiger partial charge in [-0.15, -0.1) is 9.24 Å². The molecule has 0 N–H and O–H groups in total. The van der Waals surface area contributed by atoms with Crippen LogP contribution in [0, 0.1) is 6.92 Å². The standard InChI is InChI=1S/C18H17O2P/c1-11-3-8-17-15(9-11)10-16(18(19)20-17)14-6-4-13(5-7-14)12(2)21/h3-10,12H,21H2,1-2H3. The predicted molar refractivity (Wildman–Crippen MR) is 90.8 cm³/mol. The molecule has 21 heavy (non-hydrogen) atoms. The molecule has 0 fully saturated rings. The summed E-state index contributed by atoms with van der Waals surface area (Å²) in [7, 11) is 2.77. The fraction of sp³-hybridized carbons (Fsp3) is 0.167. The minimum atomic E-state index is -0.293. The minimum absolute atomic E-state index is 0.293. The van der Waals surface area contributed by atoms with Crippen molar-refractivity contribution in [1.82, 2.24) is 0 Å². The molecular weight excluding hydrogens is 279 g/mol. The molecule has 2 unspecified atom stereocenters. The third-order valence-corrected chi connectivity index (χ3v) is 4.02. The smallest absolute Gasteiger partial charge is 0.344 e. The first kappa shape index (κ1) is 14.0. The van der Waals surface area contributed by atoms with E-state index in [1.54, 1.807) is 0 Å². The number of hydrogen-bond acceptors (Lipinski definition) is 2. The van der Waals surface area contributed by atoms with E-state index in [1.165, 1.54) is 5.56 Å². The molecule has 0 amide bonds. The molecule has 0 aliphatic heterocycles. The lowest BCUT2D eigenvalue weighted by molar-refractivity contribution is 0.563. The average molecular weight is 296 g/mol. The molecule has 3 rings (SSSR count). The van der Waals surface area contributed by atoms with E-state index in [1.807, 2.05) is 55.5 Å². The molecule has 3 aromatic rings. The Kier molecular flexibility index (Phi) is 3.65. The van der Waals surface area contributed by atoms with Crippen LogP contribution in [0.15, 0.2) is 57.7 Å². The maximum absolute atomic E-state index is 12.2. The van der Waals surface area contributed by atoms with Crippen molar-refractivity contribution >= 4 is 20.2 Å². The molecule has 3 heteroatoms. The van der Waals surface area contributed by atoms with Gasteiger partial charge in [-0.1, -0.05) is 42.8 Å². The molecule has 106 valence electrons. The number of fused-ring (bicyclic) bond motifs is 1. The van der Waals surface area contributed by atoms with Crippen LogP contribution in [0.4, 0.5) is 0 Å². The molecule has 1 heterocycles. The van der Waals surface area contributed by atoms with E-state index < -0.39 is 0 Å². The van der Waals surface area contributed by atoms with Crippen molar-refractivity contribution in [1.29, 1.82) is 0 Å². The SMILES string of the molecule is Cc1ccc2oc(=O)c(-c3ccc(C(C)P)cc3)cc2c1. The highest BCUT2D eigenvalue weighted by atomic mass is 31.0. The summed E-state index contributed by atoms with van der Waals surface area (Å²) in [6.45, 7) is 4.14. The van der Waals surface area contributed by atoms with Gasteiger partial charge in [-0.25, -0.2) is 4.79 Å². The molecule has 0 aliphatic rings. The first-order valence-electron chi connectivity index (χ1n) is 6.95. The molecule has 0 saturated heterocycles. The van der Waals surface area contributed by atoms with E-state index >= 15 is 0 Å². The van der Waals surface area contributed by atoms with Crippen molar-refractivity contribution in [3.05, 3.63) is 70.1 Å². The summed E-state index contributed by atoms with van der Waals surface area (Å²) >= 11 is 0. The fourth-order valence-corrected chi connectivity index (χ4v) is 2.63. The van der Waals surface area contributed by atoms with Crippen LogP contribution in [0.3, 0.4) is 0 Å². The van der Waals surface area contributed by atoms with Crippen molar-refractivity contribution in [3.8, 4) is 11.1 Å². The van der Waals surface area contributed by atoms with Crippen molar-refractivity contribution in [2.75, 3.05) is 0 Å². The van der Waals surface area contributed by atoms with Gasteiger partial charge in [-0.2, -0.15) is 0 Å². The van der Waals surface area contributed by atoms with Crippen molar-refractivity contribution in [3.63, 3.8) is 0 Å². The third-order valence-electron chi connectivity index (χ3n) is 3.64. The van der Waals surface area contributed by atoms with E-state index in [2.05, 4.69) is 16.2 Å². The van der Waals surface area contributed by atoms with Gasteiger partial charge in [-0.3, -0.25) is 0 Å². The second-order valence-corrected chi connectivity index (χ2v) is 6.40. The second kappa shape index (κ2) is 5.46. The third kappa shape index (κ3) is 2.77. The van der Waals surface area contributed by atoms with Gasteiger partial charge in [0.2, 0.25) is 0 Å². The van der Waals surface area contributed by atoms with Crippen LogP contribution in [0.25, 0.3) is 22.1 Å². The number of hydrogen-bond donors (Lipinski definition) is 0. The topological polar surface area (TPSA) is 30.2 Å². The zero-order valence-corrected chi connectivity index (χ0v) is 13.2. The summed E-state index contributed by atoms with van der Waals surface area (Å²) in [6, 6.07) is 15.8. The van der Waals surface area contributed by atoms with Crippen molar-refractivity contribution < 1.29 is 4.42 Å². The van der Waals surface area contributed by atoms with Gasteiger partial charge >= 0.3 is 5.63 Å². The van der Waals surface area contributed by atoms with Gasteiger partial charge in [0.25, 0.3) is 0 Å². The van der Waals surface area contributed by atoms with Crippen LogP contribution >= 0.6 is 9.24 Å². The summed E-state index contributed by atoms with van der Waals surface area (Å²) in [4.78, 5) is 12.2. The highest BCUT2D eigenvalue weighted by Gasteiger charge is 2.08. The summed E-state index contributed by atoms with van der Waals surface area (Å²) in [5, 5.41) is 0.952. The van der Waals surface area contributed by atoms with E-state index in [0.29, 0.717) is 16.8 Å². The maximum atomic E-state index is 12.2. The zero-order valence-electron chi connectivity index (χ0n) is 12.1. The lowest BCUT2D eigenvalue weighted by atomic mass is 10.0. The molecule has 0 spiro atoms. The number of rotatable bonds is 2.